The Morgan fingerprint density at radius 3 is 1.79 bits per heavy atom. The largest absolute Gasteiger partial charge is 0.0648 e. The van der Waals surface area contributed by atoms with Crippen molar-refractivity contribution < 1.29 is 0 Å². The van der Waals surface area contributed by atoms with Crippen LogP contribution < -0.4 is 0 Å². The Kier molecular flexibility index (Phi) is 3.05. The summed E-state index contributed by atoms with van der Waals surface area (Å²) >= 11 is 0. The Bertz CT molecular complexity index is 189. The van der Waals surface area contributed by atoms with Crippen LogP contribution in [-0.4, -0.2) is 0 Å². The van der Waals surface area contributed by atoms with Crippen molar-refractivity contribution in [1.82, 2.24) is 0 Å². The van der Waals surface area contributed by atoms with E-state index in [9.17, 15) is 0 Å². The van der Waals surface area contributed by atoms with Crippen LogP contribution in [0.5, 0.6) is 0 Å². The highest BCUT2D eigenvalue weighted by Gasteiger charge is 2.54. The summed E-state index contributed by atoms with van der Waals surface area (Å²) in [5, 5.41) is 0. The van der Waals surface area contributed by atoms with Crippen molar-refractivity contribution in [2.45, 2.75) is 61.3 Å². The van der Waals surface area contributed by atoms with E-state index in [-0.39, 0.29) is 0 Å². The zero-order chi connectivity index (χ0) is 11.1. The zero-order valence-electron chi connectivity index (χ0n) is 11.1. The zero-order valence-corrected chi connectivity index (χ0v) is 11.1. The van der Waals surface area contributed by atoms with E-state index < -0.39 is 0 Å². The van der Waals surface area contributed by atoms with Crippen LogP contribution in [-0.2, 0) is 0 Å². The van der Waals surface area contributed by atoms with Gasteiger partial charge in [0.05, 0.1) is 0 Å². The molecule has 3 atom stereocenters. The molecule has 0 aromatic heterocycles. The minimum absolute atomic E-state index is 0.457. The van der Waals surface area contributed by atoms with E-state index >= 15 is 0 Å². The van der Waals surface area contributed by atoms with Crippen molar-refractivity contribution in [2.24, 2.45) is 28.6 Å². The van der Waals surface area contributed by atoms with Gasteiger partial charge in [0, 0.05) is 0 Å². The van der Waals surface area contributed by atoms with E-state index in [1.165, 1.54) is 12.8 Å². The molecule has 0 spiro atoms. The van der Waals surface area contributed by atoms with Crippen molar-refractivity contribution in [3.8, 4) is 0 Å². The lowest BCUT2D eigenvalue weighted by Gasteiger charge is -2.60. The van der Waals surface area contributed by atoms with E-state index in [1.54, 1.807) is 0 Å². The van der Waals surface area contributed by atoms with Gasteiger partial charge in [-0.1, -0.05) is 48.5 Å². The second-order valence-corrected chi connectivity index (χ2v) is 6.59. The first-order chi connectivity index (χ1) is 6.26. The van der Waals surface area contributed by atoms with Crippen LogP contribution in [0.25, 0.3) is 0 Å². The van der Waals surface area contributed by atoms with Crippen molar-refractivity contribution in [3.63, 3.8) is 0 Å². The average molecular weight is 196 g/mol. The predicted molar refractivity (Wildman–Crippen MR) is 64.3 cm³/mol. The van der Waals surface area contributed by atoms with Gasteiger partial charge in [0.25, 0.3) is 0 Å². The molecule has 0 amide bonds. The molecular formula is C14H28. The second kappa shape index (κ2) is 3.54. The Hall–Kier alpha value is 0. The van der Waals surface area contributed by atoms with E-state index in [0.29, 0.717) is 10.8 Å². The molecule has 0 radical (unpaired) electrons. The fourth-order valence-corrected chi connectivity index (χ4v) is 3.96. The molecule has 3 unspecified atom stereocenters. The van der Waals surface area contributed by atoms with Gasteiger partial charge in [0.2, 0.25) is 0 Å². The maximum absolute atomic E-state index is 2.47. The molecule has 1 aliphatic carbocycles. The summed E-state index contributed by atoms with van der Waals surface area (Å²) in [6, 6.07) is 0. The molecule has 0 heterocycles. The van der Waals surface area contributed by atoms with Gasteiger partial charge in [0.1, 0.15) is 0 Å². The molecule has 1 aliphatic rings. The molecule has 0 heteroatoms. The Morgan fingerprint density at radius 1 is 1.21 bits per heavy atom. The van der Waals surface area contributed by atoms with Gasteiger partial charge in [-0.15, -0.1) is 0 Å². The first-order valence-corrected chi connectivity index (χ1v) is 6.26. The van der Waals surface area contributed by atoms with E-state index in [2.05, 4.69) is 48.5 Å². The molecular weight excluding hydrogens is 168 g/mol. The second-order valence-electron chi connectivity index (χ2n) is 6.59. The molecule has 0 N–H and O–H groups in total. The molecule has 1 rings (SSSR count). The predicted octanol–water partition coefficient (Wildman–Crippen LogP) is 4.74. The third kappa shape index (κ3) is 1.51. The fourth-order valence-electron chi connectivity index (χ4n) is 3.96. The van der Waals surface area contributed by atoms with Gasteiger partial charge in [-0.2, -0.15) is 0 Å². The molecule has 0 aliphatic heterocycles. The summed E-state index contributed by atoms with van der Waals surface area (Å²) in [5.41, 5.74) is 1.08. The Balaban J connectivity index is 2.91. The van der Waals surface area contributed by atoms with Gasteiger partial charge in [-0.25, -0.2) is 0 Å². The van der Waals surface area contributed by atoms with Crippen molar-refractivity contribution in [1.29, 1.82) is 0 Å². The molecule has 0 saturated heterocycles. The summed E-state index contributed by atoms with van der Waals surface area (Å²) in [5.74, 6) is 2.69. The van der Waals surface area contributed by atoms with Crippen molar-refractivity contribution in [3.05, 3.63) is 0 Å². The van der Waals surface area contributed by atoms with Crippen LogP contribution in [0.2, 0.25) is 0 Å². The summed E-state index contributed by atoms with van der Waals surface area (Å²) < 4.78 is 0. The van der Waals surface area contributed by atoms with Crippen LogP contribution in [0.3, 0.4) is 0 Å². The van der Waals surface area contributed by atoms with Gasteiger partial charge in [0.15, 0.2) is 0 Å². The van der Waals surface area contributed by atoms with Crippen LogP contribution in [0, 0.1) is 28.6 Å². The molecule has 84 valence electrons. The van der Waals surface area contributed by atoms with Gasteiger partial charge >= 0.3 is 0 Å². The Labute approximate surface area is 90.5 Å². The molecule has 1 saturated carbocycles. The van der Waals surface area contributed by atoms with E-state index in [4.69, 9.17) is 0 Å². The van der Waals surface area contributed by atoms with Gasteiger partial charge in [-0.3, -0.25) is 0 Å². The van der Waals surface area contributed by atoms with Crippen LogP contribution in [0.1, 0.15) is 61.3 Å². The quantitative estimate of drug-likeness (QED) is 0.598. The monoisotopic (exact) mass is 196 g/mol. The van der Waals surface area contributed by atoms with E-state index in [1.807, 2.05) is 0 Å². The number of hydrogen-bond donors (Lipinski definition) is 0. The highest BCUT2D eigenvalue weighted by molar-refractivity contribution is 5.03. The lowest BCUT2D eigenvalue weighted by molar-refractivity contribution is -0.117. The lowest BCUT2D eigenvalue weighted by atomic mass is 9.44. The third-order valence-electron chi connectivity index (χ3n) is 5.26. The normalized spacial score (nSPS) is 40.5. The molecule has 0 aromatic rings. The standard InChI is InChI=1S/C14H28/c1-8-14(10(2)9-11(14)3)12(4)13(5,6)7/h10-12H,8-9H2,1-7H3. The van der Waals surface area contributed by atoms with E-state index in [0.717, 1.165) is 17.8 Å². The first-order valence-electron chi connectivity index (χ1n) is 6.26. The van der Waals surface area contributed by atoms with Crippen LogP contribution in [0.4, 0.5) is 0 Å². The minimum Gasteiger partial charge on any atom is -0.0648 e. The van der Waals surface area contributed by atoms with Gasteiger partial charge in [-0.05, 0) is 41.4 Å². The number of hydrogen-bond acceptors (Lipinski definition) is 0. The maximum atomic E-state index is 2.47. The van der Waals surface area contributed by atoms with Crippen LogP contribution >= 0.6 is 0 Å². The summed E-state index contributed by atoms with van der Waals surface area (Å²) in [4.78, 5) is 0. The summed E-state index contributed by atoms with van der Waals surface area (Å²) in [6.07, 6.45) is 2.79. The first kappa shape index (κ1) is 12.1. The topological polar surface area (TPSA) is 0 Å². The molecule has 0 aromatic carbocycles. The molecule has 1 fully saturated rings. The molecule has 0 bridgehead atoms. The van der Waals surface area contributed by atoms with Crippen LogP contribution in [0.15, 0.2) is 0 Å². The van der Waals surface area contributed by atoms with Gasteiger partial charge < -0.3 is 0 Å². The lowest BCUT2D eigenvalue weighted by Crippen LogP contribution is -2.53. The highest BCUT2D eigenvalue weighted by atomic mass is 14.6. The minimum atomic E-state index is 0.457. The molecule has 0 nitrogen and oxygen atoms in total. The van der Waals surface area contributed by atoms with Crippen molar-refractivity contribution in [2.75, 3.05) is 0 Å². The highest BCUT2D eigenvalue weighted by Crippen LogP contribution is 2.61. The SMILES string of the molecule is CCC1(C(C)C(C)(C)C)C(C)CC1C. The average Bonchev–Trinajstić information content (AvgIpc) is 2.04. The maximum Gasteiger partial charge on any atom is -0.0218 e. The Morgan fingerprint density at radius 2 is 1.64 bits per heavy atom. The fraction of sp³-hybridized carbons (Fsp3) is 1.00. The summed E-state index contributed by atoms with van der Waals surface area (Å²) in [7, 11) is 0. The molecule has 14 heavy (non-hydrogen) atoms. The number of rotatable bonds is 2. The van der Waals surface area contributed by atoms with Crippen molar-refractivity contribution >= 4 is 0 Å². The third-order valence-corrected chi connectivity index (χ3v) is 5.26. The smallest absolute Gasteiger partial charge is 0.0218 e. The summed E-state index contributed by atoms with van der Waals surface area (Å²) in [6.45, 7) is 16.9.